The molecule has 2 aromatic rings. The fraction of sp³-hybridized carbons (Fsp3) is 0.409. The molecule has 0 radical (unpaired) electrons. The molecule has 1 aliphatic rings. The number of hydrogen-bond donors (Lipinski definition) is 2. The van der Waals surface area contributed by atoms with Crippen LogP contribution in [0.1, 0.15) is 18.9 Å². The lowest BCUT2D eigenvalue weighted by Gasteiger charge is -2.37. The average molecular weight is 367 g/mol. The molecule has 27 heavy (non-hydrogen) atoms. The first-order valence-corrected chi connectivity index (χ1v) is 9.88. The SMILES string of the molecule is CCNC(=NCCCc1ccccc1)N1CCN(c2ccccc2O)CC1. The molecule has 5 heteroatoms. The topological polar surface area (TPSA) is 51.1 Å². The van der Waals surface area contributed by atoms with E-state index in [9.17, 15) is 5.11 Å². The molecule has 2 N–H and O–H groups in total. The van der Waals surface area contributed by atoms with Crippen LogP contribution in [0, 0.1) is 0 Å². The number of para-hydroxylation sites is 2. The molecule has 1 saturated heterocycles. The van der Waals surface area contributed by atoms with Gasteiger partial charge in [0.15, 0.2) is 5.96 Å². The molecule has 0 unspecified atom stereocenters. The van der Waals surface area contributed by atoms with Gasteiger partial charge in [0.05, 0.1) is 5.69 Å². The molecule has 0 amide bonds. The second-order valence-electron chi connectivity index (χ2n) is 6.79. The van der Waals surface area contributed by atoms with Gasteiger partial charge in [0.1, 0.15) is 5.75 Å². The van der Waals surface area contributed by atoms with Gasteiger partial charge >= 0.3 is 0 Å². The smallest absolute Gasteiger partial charge is 0.194 e. The number of nitrogens with zero attached hydrogens (tertiary/aromatic N) is 3. The highest BCUT2D eigenvalue weighted by Gasteiger charge is 2.21. The van der Waals surface area contributed by atoms with Gasteiger partial charge in [-0.25, -0.2) is 0 Å². The molecule has 0 bridgehead atoms. The number of anilines is 1. The second kappa shape index (κ2) is 9.86. The van der Waals surface area contributed by atoms with Crippen LogP contribution in [0.5, 0.6) is 5.75 Å². The molecule has 0 atom stereocenters. The number of hydrogen-bond acceptors (Lipinski definition) is 3. The second-order valence-corrected chi connectivity index (χ2v) is 6.79. The first-order chi connectivity index (χ1) is 13.3. The average Bonchev–Trinajstić information content (AvgIpc) is 2.72. The minimum Gasteiger partial charge on any atom is -0.506 e. The van der Waals surface area contributed by atoms with Gasteiger partial charge in [-0.15, -0.1) is 0 Å². The van der Waals surface area contributed by atoms with Gasteiger partial charge in [0.2, 0.25) is 0 Å². The van der Waals surface area contributed by atoms with Gasteiger partial charge in [-0.3, -0.25) is 4.99 Å². The van der Waals surface area contributed by atoms with E-state index in [0.717, 1.165) is 63.8 Å². The maximum Gasteiger partial charge on any atom is 0.194 e. The largest absolute Gasteiger partial charge is 0.506 e. The number of guanidine groups is 1. The number of nitrogens with one attached hydrogen (secondary N) is 1. The van der Waals surface area contributed by atoms with E-state index in [-0.39, 0.29) is 0 Å². The predicted molar refractivity (Wildman–Crippen MR) is 113 cm³/mol. The minimum absolute atomic E-state index is 0.354. The van der Waals surface area contributed by atoms with Gasteiger partial charge in [-0.1, -0.05) is 42.5 Å². The highest BCUT2D eigenvalue weighted by molar-refractivity contribution is 5.80. The lowest BCUT2D eigenvalue weighted by Crippen LogP contribution is -2.52. The van der Waals surface area contributed by atoms with E-state index in [1.807, 2.05) is 18.2 Å². The molecular formula is C22H30N4O. The number of aryl methyl sites for hydroxylation is 1. The normalized spacial score (nSPS) is 15.1. The van der Waals surface area contributed by atoms with Crippen LogP contribution in [0.3, 0.4) is 0 Å². The number of aliphatic imine (C=N–C) groups is 1. The molecule has 3 rings (SSSR count). The molecular weight excluding hydrogens is 336 g/mol. The number of piperazine rings is 1. The Morgan fingerprint density at radius 2 is 1.70 bits per heavy atom. The summed E-state index contributed by atoms with van der Waals surface area (Å²) in [6, 6.07) is 18.1. The zero-order chi connectivity index (χ0) is 18.9. The van der Waals surface area contributed by atoms with Crippen molar-refractivity contribution in [3.63, 3.8) is 0 Å². The predicted octanol–water partition coefficient (Wildman–Crippen LogP) is 3.11. The van der Waals surface area contributed by atoms with Gasteiger partial charge in [0, 0.05) is 39.3 Å². The summed E-state index contributed by atoms with van der Waals surface area (Å²) in [4.78, 5) is 9.39. The Morgan fingerprint density at radius 3 is 2.41 bits per heavy atom. The molecule has 0 aromatic heterocycles. The van der Waals surface area contributed by atoms with Gasteiger partial charge in [0.25, 0.3) is 0 Å². The summed E-state index contributed by atoms with van der Waals surface area (Å²) >= 11 is 0. The molecule has 1 fully saturated rings. The van der Waals surface area contributed by atoms with Crippen molar-refractivity contribution >= 4 is 11.6 Å². The maximum absolute atomic E-state index is 10.1. The van der Waals surface area contributed by atoms with Crippen molar-refractivity contribution in [3.8, 4) is 5.75 Å². The number of benzene rings is 2. The summed E-state index contributed by atoms with van der Waals surface area (Å²) in [5.74, 6) is 1.36. The van der Waals surface area contributed by atoms with E-state index in [1.54, 1.807) is 6.07 Å². The molecule has 0 aliphatic carbocycles. The van der Waals surface area contributed by atoms with E-state index in [4.69, 9.17) is 4.99 Å². The van der Waals surface area contributed by atoms with Crippen molar-refractivity contribution in [1.29, 1.82) is 0 Å². The van der Waals surface area contributed by atoms with Crippen LogP contribution in [-0.2, 0) is 6.42 Å². The zero-order valence-electron chi connectivity index (χ0n) is 16.1. The maximum atomic E-state index is 10.1. The summed E-state index contributed by atoms with van der Waals surface area (Å²) in [5.41, 5.74) is 2.29. The van der Waals surface area contributed by atoms with E-state index in [0.29, 0.717) is 5.75 Å². The quantitative estimate of drug-likeness (QED) is 0.469. The number of rotatable bonds is 6. The Kier molecular flexibility index (Phi) is 6.97. The van der Waals surface area contributed by atoms with Crippen LogP contribution < -0.4 is 10.2 Å². The molecule has 0 spiro atoms. The molecule has 5 nitrogen and oxygen atoms in total. The van der Waals surface area contributed by atoms with Gasteiger partial charge < -0.3 is 20.2 Å². The number of phenols is 1. The number of aromatic hydroxyl groups is 1. The third-order valence-corrected chi connectivity index (χ3v) is 4.86. The fourth-order valence-corrected chi connectivity index (χ4v) is 3.43. The summed E-state index contributed by atoms with van der Waals surface area (Å²) < 4.78 is 0. The first-order valence-electron chi connectivity index (χ1n) is 9.88. The van der Waals surface area contributed by atoms with Crippen LogP contribution in [0.2, 0.25) is 0 Å². The molecule has 1 heterocycles. The summed E-state index contributed by atoms with van der Waals surface area (Å²) in [7, 11) is 0. The van der Waals surface area contributed by atoms with Crippen molar-refractivity contribution in [3.05, 3.63) is 60.2 Å². The summed E-state index contributed by atoms with van der Waals surface area (Å²) in [6.45, 7) is 7.38. The minimum atomic E-state index is 0.354. The highest BCUT2D eigenvalue weighted by atomic mass is 16.3. The lowest BCUT2D eigenvalue weighted by atomic mass is 10.1. The van der Waals surface area contributed by atoms with Crippen molar-refractivity contribution < 1.29 is 5.11 Å². The fourth-order valence-electron chi connectivity index (χ4n) is 3.43. The van der Waals surface area contributed by atoms with Crippen LogP contribution >= 0.6 is 0 Å². The highest BCUT2D eigenvalue weighted by Crippen LogP contribution is 2.27. The van der Waals surface area contributed by atoms with Gasteiger partial charge in [-0.05, 0) is 37.5 Å². The van der Waals surface area contributed by atoms with Crippen LogP contribution in [0.4, 0.5) is 5.69 Å². The Morgan fingerprint density at radius 1 is 1.00 bits per heavy atom. The molecule has 0 saturated carbocycles. The van der Waals surface area contributed by atoms with E-state index in [1.165, 1.54) is 5.56 Å². The molecule has 2 aromatic carbocycles. The molecule has 1 aliphatic heterocycles. The van der Waals surface area contributed by atoms with Crippen molar-refractivity contribution in [1.82, 2.24) is 10.2 Å². The third-order valence-electron chi connectivity index (χ3n) is 4.86. The van der Waals surface area contributed by atoms with E-state index in [2.05, 4.69) is 52.4 Å². The van der Waals surface area contributed by atoms with Crippen molar-refractivity contribution in [2.24, 2.45) is 4.99 Å². The van der Waals surface area contributed by atoms with E-state index >= 15 is 0 Å². The molecule has 144 valence electrons. The number of phenolic OH excluding ortho intramolecular Hbond substituents is 1. The summed E-state index contributed by atoms with van der Waals surface area (Å²) in [5, 5.41) is 13.5. The standard InChI is InChI=1S/C22H30N4O/c1-2-23-22(24-14-8-11-19-9-4-3-5-10-19)26-17-15-25(16-18-26)20-12-6-7-13-21(20)27/h3-7,9-10,12-13,27H,2,8,11,14-18H2,1H3,(H,23,24). The Bertz CT molecular complexity index is 724. The Balaban J connectivity index is 1.52. The Labute approximate surface area is 162 Å². The monoisotopic (exact) mass is 366 g/mol. The van der Waals surface area contributed by atoms with Crippen molar-refractivity contribution in [2.45, 2.75) is 19.8 Å². The van der Waals surface area contributed by atoms with E-state index < -0.39 is 0 Å². The van der Waals surface area contributed by atoms with Crippen LogP contribution in [0.25, 0.3) is 0 Å². The van der Waals surface area contributed by atoms with Gasteiger partial charge in [-0.2, -0.15) is 0 Å². The lowest BCUT2D eigenvalue weighted by molar-refractivity contribution is 0.370. The summed E-state index contributed by atoms with van der Waals surface area (Å²) in [6.07, 6.45) is 2.11. The van der Waals surface area contributed by atoms with Crippen LogP contribution in [0.15, 0.2) is 59.6 Å². The van der Waals surface area contributed by atoms with Crippen molar-refractivity contribution in [2.75, 3.05) is 44.2 Å². The first kappa shape index (κ1) is 19.1. The van der Waals surface area contributed by atoms with Crippen LogP contribution in [-0.4, -0.2) is 55.2 Å². The third kappa shape index (κ3) is 5.39. The Hall–Kier alpha value is -2.69. The zero-order valence-corrected chi connectivity index (χ0v) is 16.1.